The lowest BCUT2D eigenvalue weighted by molar-refractivity contribution is -0.133. The van der Waals surface area contributed by atoms with Crippen LogP contribution in [0.2, 0.25) is 0 Å². The molecule has 2 heterocycles. The largest absolute Gasteiger partial charge is 0.340 e. The molecule has 0 spiro atoms. The van der Waals surface area contributed by atoms with Crippen LogP contribution in [-0.2, 0) is 17.6 Å². The van der Waals surface area contributed by atoms with E-state index in [9.17, 15) is 9.59 Å². The molecule has 2 aliphatic heterocycles. The number of carbonyl (C=O) groups excluding carboxylic acids is 2. The number of hydrogen-bond donors (Lipinski definition) is 1. The SMILES string of the molecule is O=C(CCC(=O)N1CCN(C(c2ccccc2)c2ccccc2)CC1)c1ccc2c(c1)CCNCC2. The highest BCUT2D eigenvalue weighted by Crippen LogP contribution is 2.29. The second-order valence-corrected chi connectivity index (χ2v) is 9.80. The normalized spacial score (nSPS) is 16.4. The van der Waals surface area contributed by atoms with Gasteiger partial charge in [-0.15, -0.1) is 0 Å². The monoisotopic (exact) mass is 481 g/mol. The van der Waals surface area contributed by atoms with Crippen LogP contribution in [0.3, 0.4) is 0 Å². The Balaban J connectivity index is 1.17. The summed E-state index contributed by atoms with van der Waals surface area (Å²) < 4.78 is 0. The first kappa shape index (κ1) is 24.4. The number of ketones is 1. The quantitative estimate of drug-likeness (QED) is 0.512. The Labute approximate surface area is 214 Å². The van der Waals surface area contributed by atoms with Crippen LogP contribution in [0.15, 0.2) is 78.9 Å². The molecule has 1 amide bonds. The molecule has 5 nitrogen and oxygen atoms in total. The van der Waals surface area contributed by atoms with Gasteiger partial charge in [0, 0.05) is 44.6 Å². The van der Waals surface area contributed by atoms with Gasteiger partial charge in [-0.2, -0.15) is 0 Å². The van der Waals surface area contributed by atoms with Gasteiger partial charge < -0.3 is 10.2 Å². The molecule has 0 unspecified atom stereocenters. The Morgan fingerprint density at radius 1 is 0.722 bits per heavy atom. The lowest BCUT2D eigenvalue weighted by Gasteiger charge is -2.39. The van der Waals surface area contributed by atoms with Gasteiger partial charge in [-0.25, -0.2) is 0 Å². The van der Waals surface area contributed by atoms with Gasteiger partial charge in [0.05, 0.1) is 6.04 Å². The Morgan fingerprint density at radius 2 is 1.33 bits per heavy atom. The van der Waals surface area contributed by atoms with E-state index in [0.29, 0.717) is 13.1 Å². The summed E-state index contributed by atoms with van der Waals surface area (Å²) in [6.45, 7) is 4.94. The zero-order valence-electron chi connectivity index (χ0n) is 20.9. The van der Waals surface area contributed by atoms with E-state index in [4.69, 9.17) is 0 Å². The third-order valence-corrected chi connectivity index (χ3v) is 7.50. The molecule has 0 atom stereocenters. The first-order valence-electron chi connectivity index (χ1n) is 13.2. The van der Waals surface area contributed by atoms with Crippen molar-refractivity contribution < 1.29 is 9.59 Å². The van der Waals surface area contributed by atoms with Gasteiger partial charge in [0.15, 0.2) is 5.78 Å². The zero-order valence-corrected chi connectivity index (χ0v) is 20.9. The fraction of sp³-hybridized carbons (Fsp3) is 0.355. The Kier molecular flexibility index (Phi) is 7.89. The number of Topliss-reactive ketones (excluding diaryl/α,β-unsaturated/α-hetero) is 1. The average molecular weight is 482 g/mol. The molecule has 0 bridgehead atoms. The van der Waals surface area contributed by atoms with E-state index in [0.717, 1.165) is 44.6 Å². The second-order valence-electron chi connectivity index (χ2n) is 9.80. The number of carbonyl (C=O) groups is 2. The first-order valence-corrected chi connectivity index (χ1v) is 13.2. The van der Waals surface area contributed by atoms with E-state index in [-0.39, 0.29) is 30.6 Å². The number of fused-ring (bicyclic) bond motifs is 1. The van der Waals surface area contributed by atoms with Crippen LogP contribution in [0.5, 0.6) is 0 Å². The molecule has 0 aliphatic carbocycles. The fourth-order valence-corrected chi connectivity index (χ4v) is 5.48. The minimum absolute atomic E-state index is 0.0650. The summed E-state index contributed by atoms with van der Waals surface area (Å²) in [6.07, 6.45) is 2.50. The molecular weight excluding hydrogens is 446 g/mol. The maximum atomic E-state index is 13.0. The maximum Gasteiger partial charge on any atom is 0.223 e. The highest BCUT2D eigenvalue weighted by molar-refractivity contribution is 5.98. The zero-order chi connectivity index (χ0) is 24.7. The summed E-state index contributed by atoms with van der Waals surface area (Å²) in [5.74, 6) is 0.146. The van der Waals surface area contributed by atoms with Crippen molar-refractivity contribution in [3.05, 3.63) is 107 Å². The topological polar surface area (TPSA) is 52.7 Å². The highest BCUT2D eigenvalue weighted by atomic mass is 16.2. The summed E-state index contributed by atoms with van der Waals surface area (Å²) >= 11 is 0. The van der Waals surface area contributed by atoms with Crippen LogP contribution in [0.1, 0.15) is 51.5 Å². The molecule has 1 saturated heterocycles. The number of hydrogen-bond acceptors (Lipinski definition) is 4. The number of nitrogens with zero attached hydrogens (tertiary/aromatic N) is 2. The summed E-state index contributed by atoms with van der Waals surface area (Å²) in [7, 11) is 0. The molecule has 2 aliphatic rings. The molecule has 186 valence electrons. The molecule has 5 heteroatoms. The van der Waals surface area contributed by atoms with Gasteiger partial charge in [0.1, 0.15) is 0 Å². The highest BCUT2D eigenvalue weighted by Gasteiger charge is 2.28. The summed E-state index contributed by atoms with van der Waals surface area (Å²) in [5.41, 5.74) is 5.87. The molecular formula is C31H35N3O2. The summed E-state index contributed by atoms with van der Waals surface area (Å²) in [5, 5.41) is 3.41. The van der Waals surface area contributed by atoms with Crippen molar-refractivity contribution in [1.82, 2.24) is 15.1 Å². The number of piperazine rings is 1. The van der Waals surface area contributed by atoms with E-state index in [1.165, 1.54) is 22.3 Å². The van der Waals surface area contributed by atoms with Gasteiger partial charge in [-0.1, -0.05) is 72.8 Å². The molecule has 1 N–H and O–H groups in total. The molecule has 36 heavy (non-hydrogen) atoms. The molecule has 0 radical (unpaired) electrons. The van der Waals surface area contributed by atoms with Crippen LogP contribution >= 0.6 is 0 Å². The Bertz CT molecular complexity index is 1130. The van der Waals surface area contributed by atoms with Gasteiger partial charge in [-0.05, 0) is 54.3 Å². The number of nitrogens with one attached hydrogen (secondary N) is 1. The lowest BCUT2D eigenvalue weighted by Crippen LogP contribution is -2.49. The van der Waals surface area contributed by atoms with Crippen molar-refractivity contribution in [2.75, 3.05) is 39.3 Å². The average Bonchev–Trinajstić information content (AvgIpc) is 3.18. The van der Waals surface area contributed by atoms with Gasteiger partial charge >= 0.3 is 0 Å². The van der Waals surface area contributed by atoms with Gasteiger partial charge in [0.2, 0.25) is 5.91 Å². The predicted molar refractivity (Wildman–Crippen MR) is 143 cm³/mol. The molecule has 3 aromatic carbocycles. The van der Waals surface area contributed by atoms with Crippen LogP contribution < -0.4 is 5.32 Å². The van der Waals surface area contributed by atoms with Crippen LogP contribution in [0, 0.1) is 0 Å². The minimum atomic E-state index is 0.0650. The van der Waals surface area contributed by atoms with Crippen LogP contribution in [0.4, 0.5) is 0 Å². The summed E-state index contributed by atoms with van der Waals surface area (Å²) in [6, 6.07) is 27.4. The third-order valence-electron chi connectivity index (χ3n) is 7.50. The van der Waals surface area contributed by atoms with Crippen molar-refractivity contribution in [3.63, 3.8) is 0 Å². The van der Waals surface area contributed by atoms with Crippen molar-refractivity contribution in [1.29, 1.82) is 0 Å². The van der Waals surface area contributed by atoms with Crippen molar-refractivity contribution in [2.45, 2.75) is 31.7 Å². The Hall–Kier alpha value is -3.28. The molecule has 5 rings (SSSR count). The minimum Gasteiger partial charge on any atom is -0.340 e. The maximum absolute atomic E-state index is 13.0. The van der Waals surface area contributed by atoms with Crippen molar-refractivity contribution in [3.8, 4) is 0 Å². The second kappa shape index (κ2) is 11.6. The number of amides is 1. The number of rotatable bonds is 7. The molecule has 3 aromatic rings. The van der Waals surface area contributed by atoms with Crippen LogP contribution in [0.25, 0.3) is 0 Å². The van der Waals surface area contributed by atoms with E-state index >= 15 is 0 Å². The molecule has 0 aromatic heterocycles. The third kappa shape index (κ3) is 5.75. The Morgan fingerprint density at radius 3 is 1.97 bits per heavy atom. The molecule has 1 fully saturated rings. The van der Waals surface area contributed by atoms with Crippen molar-refractivity contribution in [2.24, 2.45) is 0 Å². The van der Waals surface area contributed by atoms with E-state index in [2.05, 4.69) is 64.8 Å². The van der Waals surface area contributed by atoms with Crippen LogP contribution in [-0.4, -0.2) is 60.8 Å². The van der Waals surface area contributed by atoms with Gasteiger partial charge in [-0.3, -0.25) is 14.5 Å². The fourth-order valence-electron chi connectivity index (χ4n) is 5.48. The van der Waals surface area contributed by atoms with E-state index in [1.807, 2.05) is 29.2 Å². The first-order chi connectivity index (χ1) is 17.7. The standard InChI is InChI=1S/C31H35N3O2/c35-29(28-12-11-24-15-17-32-18-16-27(24)23-28)13-14-30(36)33-19-21-34(22-20-33)31(25-7-3-1-4-8-25)26-9-5-2-6-10-26/h1-12,23,31-32H,13-22H2. The van der Waals surface area contributed by atoms with E-state index < -0.39 is 0 Å². The predicted octanol–water partition coefficient (Wildman–Crippen LogP) is 4.27. The van der Waals surface area contributed by atoms with Crippen molar-refractivity contribution >= 4 is 11.7 Å². The number of benzene rings is 3. The van der Waals surface area contributed by atoms with Gasteiger partial charge in [0.25, 0.3) is 0 Å². The molecule has 0 saturated carbocycles. The van der Waals surface area contributed by atoms with E-state index in [1.54, 1.807) is 0 Å². The smallest absolute Gasteiger partial charge is 0.223 e. The summed E-state index contributed by atoms with van der Waals surface area (Å²) in [4.78, 5) is 30.2. The lowest BCUT2D eigenvalue weighted by atomic mass is 9.96.